The number of hydrogen-bond donors (Lipinski definition) is 1. The van der Waals surface area contributed by atoms with Crippen molar-refractivity contribution in [2.75, 3.05) is 38.1 Å². The summed E-state index contributed by atoms with van der Waals surface area (Å²) in [6.45, 7) is 5.19. The molecule has 0 atom stereocenters. The van der Waals surface area contributed by atoms with Gasteiger partial charge in [0.05, 0.1) is 10.7 Å². The Kier molecular flexibility index (Phi) is 3.91. The lowest BCUT2D eigenvalue weighted by Crippen LogP contribution is -2.47. The third-order valence-electron chi connectivity index (χ3n) is 3.95. The summed E-state index contributed by atoms with van der Waals surface area (Å²) in [5.74, 6) is 1.06. The molecule has 3 rings (SSSR count). The number of halogens is 1. The molecule has 1 N–H and O–H groups in total. The molecule has 1 aliphatic heterocycles. The SMILES string of the molecule is CNCc1nc(N2CCN(C3CC3)CC2)ccc1Cl. The summed E-state index contributed by atoms with van der Waals surface area (Å²) >= 11 is 6.16. The highest BCUT2D eigenvalue weighted by atomic mass is 35.5. The molecule has 19 heavy (non-hydrogen) atoms. The number of nitrogens with one attached hydrogen (secondary N) is 1. The molecule has 1 aliphatic carbocycles. The average molecular weight is 281 g/mol. The summed E-state index contributed by atoms with van der Waals surface area (Å²) in [4.78, 5) is 9.67. The van der Waals surface area contributed by atoms with E-state index in [-0.39, 0.29) is 0 Å². The minimum atomic E-state index is 0.717. The Morgan fingerprint density at radius 2 is 2.00 bits per heavy atom. The minimum absolute atomic E-state index is 0.717. The predicted octanol–water partition coefficient (Wildman–Crippen LogP) is 1.74. The van der Waals surface area contributed by atoms with Crippen molar-refractivity contribution in [3.63, 3.8) is 0 Å². The first-order valence-electron chi connectivity index (χ1n) is 7.07. The lowest BCUT2D eigenvalue weighted by molar-refractivity contribution is 0.247. The Labute approximate surface area is 119 Å². The normalized spacial score (nSPS) is 20.8. The second-order valence-electron chi connectivity index (χ2n) is 5.38. The quantitative estimate of drug-likeness (QED) is 0.910. The van der Waals surface area contributed by atoms with E-state index in [1.807, 2.05) is 19.2 Å². The van der Waals surface area contributed by atoms with E-state index in [1.165, 1.54) is 12.8 Å². The molecular formula is C14H21ClN4. The maximum absolute atomic E-state index is 6.16. The first-order valence-corrected chi connectivity index (χ1v) is 7.45. The summed E-state index contributed by atoms with van der Waals surface area (Å²) in [7, 11) is 1.92. The number of aromatic nitrogens is 1. The van der Waals surface area contributed by atoms with Gasteiger partial charge in [-0.15, -0.1) is 0 Å². The van der Waals surface area contributed by atoms with Gasteiger partial charge in [-0.3, -0.25) is 4.90 Å². The summed E-state index contributed by atoms with van der Waals surface area (Å²) in [5, 5.41) is 3.86. The van der Waals surface area contributed by atoms with Gasteiger partial charge in [-0.25, -0.2) is 4.98 Å². The van der Waals surface area contributed by atoms with Gasteiger partial charge in [-0.1, -0.05) is 11.6 Å². The van der Waals surface area contributed by atoms with E-state index in [1.54, 1.807) is 0 Å². The first-order chi connectivity index (χ1) is 9.28. The van der Waals surface area contributed by atoms with Crippen LogP contribution in [0.15, 0.2) is 12.1 Å². The first kappa shape index (κ1) is 13.2. The van der Waals surface area contributed by atoms with Gasteiger partial charge in [-0.05, 0) is 32.0 Å². The van der Waals surface area contributed by atoms with Gasteiger partial charge < -0.3 is 10.2 Å². The number of pyridine rings is 1. The van der Waals surface area contributed by atoms with E-state index in [0.717, 1.165) is 48.8 Å². The zero-order valence-corrected chi connectivity index (χ0v) is 12.2. The van der Waals surface area contributed by atoms with Gasteiger partial charge in [0, 0.05) is 38.8 Å². The van der Waals surface area contributed by atoms with Crippen LogP contribution in [-0.4, -0.2) is 49.2 Å². The smallest absolute Gasteiger partial charge is 0.129 e. The van der Waals surface area contributed by atoms with Gasteiger partial charge in [0.15, 0.2) is 0 Å². The lowest BCUT2D eigenvalue weighted by atomic mass is 10.2. The summed E-state index contributed by atoms with van der Waals surface area (Å²) in [6.07, 6.45) is 2.79. The second kappa shape index (κ2) is 5.65. The van der Waals surface area contributed by atoms with Crippen LogP contribution >= 0.6 is 11.6 Å². The molecule has 1 saturated heterocycles. The van der Waals surface area contributed by atoms with Crippen molar-refractivity contribution in [2.45, 2.75) is 25.4 Å². The number of nitrogens with zero attached hydrogens (tertiary/aromatic N) is 3. The molecule has 0 radical (unpaired) electrons. The lowest BCUT2D eigenvalue weighted by Gasteiger charge is -2.35. The fourth-order valence-corrected chi connectivity index (χ4v) is 2.87. The number of hydrogen-bond acceptors (Lipinski definition) is 4. The van der Waals surface area contributed by atoms with Gasteiger partial charge in [0.25, 0.3) is 0 Å². The number of anilines is 1. The molecule has 1 saturated carbocycles. The molecule has 2 heterocycles. The topological polar surface area (TPSA) is 31.4 Å². The predicted molar refractivity (Wildman–Crippen MR) is 78.8 cm³/mol. The molecule has 5 heteroatoms. The average Bonchev–Trinajstić information content (AvgIpc) is 3.26. The van der Waals surface area contributed by atoms with Gasteiger partial charge >= 0.3 is 0 Å². The van der Waals surface area contributed by atoms with Crippen LogP contribution in [0, 0.1) is 0 Å². The fourth-order valence-electron chi connectivity index (χ4n) is 2.70. The third kappa shape index (κ3) is 3.02. The zero-order chi connectivity index (χ0) is 13.2. The fraction of sp³-hybridized carbons (Fsp3) is 0.643. The highest BCUT2D eigenvalue weighted by molar-refractivity contribution is 6.31. The summed E-state index contributed by atoms with van der Waals surface area (Å²) in [5.41, 5.74) is 0.936. The highest BCUT2D eigenvalue weighted by Crippen LogP contribution is 2.28. The Hall–Kier alpha value is -0.840. The van der Waals surface area contributed by atoms with E-state index >= 15 is 0 Å². The van der Waals surface area contributed by atoms with E-state index in [2.05, 4.69) is 20.1 Å². The van der Waals surface area contributed by atoms with Crippen molar-refractivity contribution in [2.24, 2.45) is 0 Å². The van der Waals surface area contributed by atoms with Crippen LogP contribution < -0.4 is 10.2 Å². The van der Waals surface area contributed by atoms with Crippen molar-refractivity contribution >= 4 is 17.4 Å². The van der Waals surface area contributed by atoms with Crippen LogP contribution in [0.5, 0.6) is 0 Å². The second-order valence-corrected chi connectivity index (χ2v) is 5.79. The van der Waals surface area contributed by atoms with Crippen molar-refractivity contribution in [1.82, 2.24) is 15.2 Å². The van der Waals surface area contributed by atoms with Crippen molar-refractivity contribution in [1.29, 1.82) is 0 Å². The molecule has 0 amide bonds. The van der Waals surface area contributed by atoms with Crippen LogP contribution in [0.2, 0.25) is 5.02 Å². The van der Waals surface area contributed by atoms with Crippen molar-refractivity contribution in [3.05, 3.63) is 22.8 Å². The van der Waals surface area contributed by atoms with Crippen LogP contribution in [0.1, 0.15) is 18.5 Å². The van der Waals surface area contributed by atoms with Gasteiger partial charge in [-0.2, -0.15) is 0 Å². The van der Waals surface area contributed by atoms with Crippen molar-refractivity contribution < 1.29 is 0 Å². The molecule has 2 fully saturated rings. The number of piperazine rings is 1. The summed E-state index contributed by atoms with van der Waals surface area (Å²) in [6, 6.07) is 4.87. The largest absolute Gasteiger partial charge is 0.354 e. The van der Waals surface area contributed by atoms with E-state index in [0.29, 0.717) is 6.54 Å². The molecule has 4 nitrogen and oxygen atoms in total. The molecular weight excluding hydrogens is 260 g/mol. The Balaban J connectivity index is 1.66. The monoisotopic (exact) mass is 280 g/mol. The Morgan fingerprint density at radius 1 is 1.26 bits per heavy atom. The van der Waals surface area contributed by atoms with Crippen LogP contribution in [0.25, 0.3) is 0 Å². The standard InChI is InChI=1S/C14H21ClN4/c1-16-10-13-12(15)4-5-14(17-13)19-8-6-18(7-9-19)11-2-3-11/h4-5,11,16H,2-3,6-10H2,1H3. The maximum Gasteiger partial charge on any atom is 0.129 e. The van der Waals surface area contributed by atoms with Crippen LogP contribution in [0.4, 0.5) is 5.82 Å². The Morgan fingerprint density at radius 3 is 2.63 bits per heavy atom. The molecule has 0 unspecified atom stereocenters. The van der Waals surface area contributed by atoms with Crippen molar-refractivity contribution in [3.8, 4) is 0 Å². The third-order valence-corrected chi connectivity index (χ3v) is 4.29. The van der Waals surface area contributed by atoms with Crippen LogP contribution in [-0.2, 0) is 6.54 Å². The molecule has 0 aromatic carbocycles. The highest BCUT2D eigenvalue weighted by Gasteiger charge is 2.31. The van der Waals surface area contributed by atoms with Crippen LogP contribution in [0.3, 0.4) is 0 Å². The van der Waals surface area contributed by atoms with E-state index in [4.69, 9.17) is 11.6 Å². The Bertz CT molecular complexity index is 439. The molecule has 1 aromatic heterocycles. The van der Waals surface area contributed by atoms with E-state index in [9.17, 15) is 0 Å². The summed E-state index contributed by atoms with van der Waals surface area (Å²) < 4.78 is 0. The number of rotatable bonds is 4. The minimum Gasteiger partial charge on any atom is -0.354 e. The zero-order valence-electron chi connectivity index (χ0n) is 11.4. The molecule has 104 valence electrons. The molecule has 1 aromatic rings. The molecule has 0 bridgehead atoms. The van der Waals surface area contributed by atoms with Gasteiger partial charge in [0.2, 0.25) is 0 Å². The molecule has 2 aliphatic rings. The maximum atomic E-state index is 6.16. The van der Waals surface area contributed by atoms with Gasteiger partial charge in [0.1, 0.15) is 5.82 Å². The molecule has 0 spiro atoms. The van der Waals surface area contributed by atoms with E-state index < -0.39 is 0 Å².